The summed E-state index contributed by atoms with van der Waals surface area (Å²) >= 11 is 1.48. The molecular weight excluding hydrogens is 464 g/mol. The fraction of sp³-hybridized carbons (Fsp3) is 0.0968. The maximum atomic E-state index is 13.5. The van der Waals surface area contributed by atoms with Crippen molar-refractivity contribution >= 4 is 35.3 Å². The maximum Gasteiger partial charge on any atom is 0.265 e. The molecule has 0 fully saturated rings. The molecule has 0 spiro atoms. The number of carbonyl (C=O) groups excluding carboxylic acids is 2. The zero-order valence-electron chi connectivity index (χ0n) is 20.0. The first-order chi connectivity index (χ1) is 17.6. The number of fused-ring (bicyclic) bond motifs is 1. The molecule has 1 heterocycles. The fourth-order valence-corrected chi connectivity index (χ4v) is 5.23. The standard InChI is InChI=1S/C31H26N2O2S/c1-22-8-7-11-25(18-22)21-33-27-12-5-6-13-28(27)36-29(31(33)35)19-23-14-16-26(17-15-23)30(34)32-20-24-9-3-2-4-10-24/h2-19H,20-21H2,1H3,(H,32,34). The van der Waals surface area contributed by atoms with E-state index in [0.29, 0.717) is 23.6 Å². The Balaban J connectivity index is 1.34. The predicted octanol–water partition coefficient (Wildman–Crippen LogP) is 6.61. The Kier molecular flexibility index (Phi) is 7.01. The van der Waals surface area contributed by atoms with Gasteiger partial charge < -0.3 is 10.2 Å². The van der Waals surface area contributed by atoms with Crippen LogP contribution in [0.4, 0.5) is 5.69 Å². The number of hydrogen-bond acceptors (Lipinski definition) is 3. The highest BCUT2D eigenvalue weighted by atomic mass is 32.2. The zero-order valence-corrected chi connectivity index (χ0v) is 20.8. The quantitative estimate of drug-likeness (QED) is 0.310. The van der Waals surface area contributed by atoms with E-state index in [2.05, 4.69) is 30.4 Å². The number of benzene rings is 4. The second-order valence-electron chi connectivity index (χ2n) is 8.75. The molecule has 0 aromatic heterocycles. The van der Waals surface area contributed by atoms with E-state index in [1.807, 2.05) is 83.8 Å². The zero-order chi connectivity index (χ0) is 24.9. The third-order valence-corrected chi connectivity index (χ3v) is 7.10. The average Bonchev–Trinajstić information content (AvgIpc) is 2.91. The van der Waals surface area contributed by atoms with Gasteiger partial charge in [-0.1, -0.05) is 96.2 Å². The summed E-state index contributed by atoms with van der Waals surface area (Å²) in [4.78, 5) is 29.7. The van der Waals surface area contributed by atoms with E-state index in [0.717, 1.165) is 27.3 Å². The van der Waals surface area contributed by atoms with Crippen LogP contribution in [0.5, 0.6) is 0 Å². The molecule has 1 aliphatic heterocycles. The molecule has 0 bridgehead atoms. The topological polar surface area (TPSA) is 49.4 Å². The Hall–Kier alpha value is -4.09. The molecule has 178 valence electrons. The van der Waals surface area contributed by atoms with Crippen LogP contribution in [0.3, 0.4) is 0 Å². The number of rotatable bonds is 6. The van der Waals surface area contributed by atoms with Gasteiger partial charge in [0.15, 0.2) is 0 Å². The first-order valence-corrected chi connectivity index (χ1v) is 12.7. The molecule has 0 saturated heterocycles. The van der Waals surface area contributed by atoms with Gasteiger partial charge in [-0.15, -0.1) is 0 Å². The van der Waals surface area contributed by atoms with Gasteiger partial charge in [0.1, 0.15) is 0 Å². The molecule has 5 rings (SSSR count). The number of hydrogen-bond donors (Lipinski definition) is 1. The molecule has 2 amide bonds. The van der Waals surface area contributed by atoms with Gasteiger partial charge in [0, 0.05) is 17.0 Å². The van der Waals surface area contributed by atoms with Gasteiger partial charge in [0.05, 0.1) is 17.1 Å². The lowest BCUT2D eigenvalue weighted by Gasteiger charge is -2.30. The number of thioether (sulfide) groups is 1. The molecule has 4 aromatic carbocycles. The molecule has 0 unspecified atom stereocenters. The van der Waals surface area contributed by atoms with Gasteiger partial charge in [-0.05, 0) is 54.0 Å². The largest absolute Gasteiger partial charge is 0.348 e. The van der Waals surface area contributed by atoms with Gasteiger partial charge in [-0.2, -0.15) is 0 Å². The Labute approximate surface area is 215 Å². The molecule has 1 N–H and O–H groups in total. The Bertz CT molecular complexity index is 1430. The number of anilines is 1. The first kappa shape index (κ1) is 23.6. The van der Waals surface area contributed by atoms with Gasteiger partial charge >= 0.3 is 0 Å². The van der Waals surface area contributed by atoms with Crippen LogP contribution in [0.2, 0.25) is 0 Å². The van der Waals surface area contributed by atoms with E-state index in [4.69, 9.17) is 0 Å². The summed E-state index contributed by atoms with van der Waals surface area (Å²) in [5.74, 6) is -0.149. The van der Waals surface area contributed by atoms with Gasteiger partial charge in [-0.3, -0.25) is 9.59 Å². The minimum Gasteiger partial charge on any atom is -0.348 e. The van der Waals surface area contributed by atoms with E-state index in [1.54, 1.807) is 12.1 Å². The Morgan fingerprint density at radius 2 is 1.58 bits per heavy atom. The van der Waals surface area contributed by atoms with Crippen LogP contribution < -0.4 is 10.2 Å². The number of nitrogens with zero attached hydrogens (tertiary/aromatic N) is 1. The lowest BCUT2D eigenvalue weighted by molar-refractivity contribution is -0.114. The lowest BCUT2D eigenvalue weighted by atomic mass is 10.1. The lowest BCUT2D eigenvalue weighted by Crippen LogP contribution is -2.33. The van der Waals surface area contributed by atoms with Gasteiger partial charge in [0.25, 0.3) is 11.8 Å². The molecule has 0 aliphatic carbocycles. The van der Waals surface area contributed by atoms with Gasteiger partial charge in [-0.25, -0.2) is 0 Å². The van der Waals surface area contributed by atoms with Crippen molar-refractivity contribution in [2.24, 2.45) is 0 Å². The van der Waals surface area contributed by atoms with Crippen LogP contribution in [0.15, 0.2) is 113 Å². The van der Waals surface area contributed by atoms with E-state index in [-0.39, 0.29) is 11.8 Å². The normalized spacial score (nSPS) is 14.0. The minimum atomic E-state index is -0.126. The van der Waals surface area contributed by atoms with Crippen molar-refractivity contribution in [3.05, 3.63) is 136 Å². The molecular formula is C31H26N2O2S. The second kappa shape index (κ2) is 10.7. The number of carbonyl (C=O) groups is 2. The van der Waals surface area contributed by atoms with E-state index < -0.39 is 0 Å². The Morgan fingerprint density at radius 3 is 2.36 bits per heavy atom. The summed E-state index contributed by atoms with van der Waals surface area (Å²) in [6.07, 6.45) is 1.90. The molecule has 4 aromatic rings. The van der Waals surface area contributed by atoms with Crippen molar-refractivity contribution in [1.29, 1.82) is 0 Å². The molecule has 5 heteroatoms. The van der Waals surface area contributed by atoms with Crippen molar-refractivity contribution in [2.45, 2.75) is 24.9 Å². The fourth-order valence-electron chi connectivity index (χ4n) is 4.17. The number of amides is 2. The van der Waals surface area contributed by atoms with Crippen LogP contribution in [-0.4, -0.2) is 11.8 Å². The average molecular weight is 491 g/mol. The van der Waals surface area contributed by atoms with E-state index in [9.17, 15) is 9.59 Å². The molecule has 36 heavy (non-hydrogen) atoms. The molecule has 4 nitrogen and oxygen atoms in total. The predicted molar refractivity (Wildman–Crippen MR) is 147 cm³/mol. The monoisotopic (exact) mass is 490 g/mol. The Morgan fingerprint density at radius 1 is 0.861 bits per heavy atom. The highest BCUT2D eigenvalue weighted by Crippen LogP contribution is 2.42. The van der Waals surface area contributed by atoms with E-state index >= 15 is 0 Å². The van der Waals surface area contributed by atoms with Crippen molar-refractivity contribution < 1.29 is 9.59 Å². The van der Waals surface area contributed by atoms with Crippen LogP contribution in [0.1, 0.15) is 32.6 Å². The summed E-state index contributed by atoms with van der Waals surface area (Å²) in [5.41, 5.74) is 5.70. The highest BCUT2D eigenvalue weighted by molar-refractivity contribution is 8.04. The second-order valence-corrected chi connectivity index (χ2v) is 9.83. The smallest absolute Gasteiger partial charge is 0.265 e. The van der Waals surface area contributed by atoms with Crippen LogP contribution in [-0.2, 0) is 17.9 Å². The number of para-hydroxylation sites is 1. The maximum absolute atomic E-state index is 13.5. The van der Waals surface area contributed by atoms with Crippen LogP contribution >= 0.6 is 11.8 Å². The van der Waals surface area contributed by atoms with Crippen LogP contribution in [0.25, 0.3) is 6.08 Å². The molecule has 0 radical (unpaired) electrons. The minimum absolute atomic E-state index is 0.0233. The third kappa shape index (κ3) is 5.42. The molecule has 0 atom stereocenters. The van der Waals surface area contributed by atoms with Crippen molar-refractivity contribution in [3.63, 3.8) is 0 Å². The van der Waals surface area contributed by atoms with Crippen molar-refractivity contribution in [3.8, 4) is 0 Å². The van der Waals surface area contributed by atoms with E-state index in [1.165, 1.54) is 17.3 Å². The summed E-state index contributed by atoms with van der Waals surface area (Å²) < 4.78 is 0. The van der Waals surface area contributed by atoms with Crippen LogP contribution in [0, 0.1) is 6.92 Å². The molecule has 0 saturated carbocycles. The number of aryl methyl sites for hydroxylation is 1. The summed E-state index contributed by atoms with van der Waals surface area (Å²) in [6.45, 7) is 3.05. The summed E-state index contributed by atoms with van der Waals surface area (Å²) in [5, 5.41) is 2.95. The van der Waals surface area contributed by atoms with Crippen molar-refractivity contribution in [2.75, 3.05) is 4.90 Å². The highest BCUT2D eigenvalue weighted by Gasteiger charge is 2.29. The summed E-state index contributed by atoms with van der Waals surface area (Å²) in [7, 11) is 0. The number of nitrogens with one attached hydrogen (secondary N) is 1. The molecule has 1 aliphatic rings. The summed E-state index contributed by atoms with van der Waals surface area (Å²) in [6, 6.07) is 33.4. The SMILES string of the molecule is Cc1cccc(CN2C(=O)C(=Cc3ccc(C(=O)NCc4ccccc4)cc3)Sc3ccccc32)c1. The first-order valence-electron chi connectivity index (χ1n) is 11.8. The van der Waals surface area contributed by atoms with Gasteiger partial charge in [0.2, 0.25) is 0 Å². The van der Waals surface area contributed by atoms with Crippen molar-refractivity contribution in [1.82, 2.24) is 5.32 Å². The third-order valence-electron chi connectivity index (χ3n) is 6.02.